The molecule has 0 saturated carbocycles. The van der Waals surface area contributed by atoms with Crippen LogP contribution in [0.1, 0.15) is 15.9 Å². The number of halogens is 2. The molecule has 0 aliphatic heterocycles. The molecule has 0 radical (unpaired) electrons. The van der Waals surface area contributed by atoms with E-state index in [0.717, 1.165) is 22.2 Å². The third kappa shape index (κ3) is 3.68. The summed E-state index contributed by atoms with van der Waals surface area (Å²) in [6.07, 6.45) is 0. The molecule has 1 aromatic heterocycles. The number of anilines is 1. The number of amides is 1. The molecule has 6 heteroatoms. The molecule has 1 amide bonds. The Bertz CT molecular complexity index is 1150. The quantitative estimate of drug-likeness (QED) is 0.438. The maximum absolute atomic E-state index is 12.3. The number of benzene rings is 3. The highest BCUT2D eigenvalue weighted by Crippen LogP contribution is 2.27. The van der Waals surface area contributed by atoms with E-state index in [2.05, 4.69) is 10.3 Å². The van der Waals surface area contributed by atoms with Gasteiger partial charge in [-0.3, -0.25) is 4.79 Å². The predicted molar refractivity (Wildman–Crippen MR) is 109 cm³/mol. The van der Waals surface area contributed by atoms with Crippen LogP contribution in [0.2, 0.25) is 10.0 Å². The molecule has 0 bridgehead atoms. The first-order valence-electron chi connectivity index (χ1n) is 8.23. The van der Waals surface area contributed by atoms with Gasteiger partial charge in [0.2, 0.25) is 5.89 Å². The third-order valence-corrected chi connectivity index (χ3v) is 4.85. The summed E-state index contributed by atoms with van der Waals surface area (Å²) in [5.41, 5.74) is 4.60. The number of rotatable bonds is 3. The van der Waals surface area contributed by atoms with E-state index in [-0.39, 0.29) is 5.91 Å². The Balaban J connectivity index is 1.54. The van der Waals surface area contributed by atoms with E-state index < -0.39 is 0 Å². The summed E-state index contributed by atoms with van der Waals surface area (Å²) in [6.45, 7) is 2.01. The third-order valence-electron chi connectivity index (χ3n) is 4.12. The number of aromatic nitrogens is 1. The monoisotopic (exact) mass is 396 g/mol. The smallest absolute Gasteiger partial charge is 0.255 e. The van der Waals surface area contributed by atoms with Gasteiger partial charge in [0.05, 0.1) is 10.0 Å². The highest BCUT2D eigenvalue weighted by atomic mass is 35.5. The van der Waals surface area contributed by atoms with Crippen molar-refractivity contribution in [1.29, 1.82) is 0 Å². The zero-order valence-corrected chi connectivity index (χ0v) is 15.8. The van der Waals surface area contributed by atoms with Gasteiger partial charge in [0.15, 0.2) is 5.58 Å². The number of carbonyl (C=O) groups is 1. The number of nitrogens with one attached hydrogen (secondary N) is 1. The van der Waals surface area contributed by atoms with Gasteiger partial charge in [-0.1, -0.05) is 29.3 Å². The molecule has 1 heterocycles. The molecule has 4 rings (SSSR count). The molecule has 0 spiro atoms. The van der Waals surface area contributed by atoms with E-state index in [1.54, 1.807) is 24.3 Å². The summed E-state index contributed by atoms with van der Waals surface area (Å²) in [7, 11) is 0. The normalized spacial score (nSPS) is 10.9. The second-order valence-corrected chi connectivity index (χ2v) is 6.96. The lowest BCUT2D eigenvalue weighted by molar-refractivity contribution is 0.102. The van der Waals surface area contributed by atoms with E-state index >= 15 is 0 Å². The standard InChI is InChI=1S/C21H14Cl2N2O2/c1-12-2-9-18-19(10-12)27-21(25-18)13-3-6-15(7-4-13)24-20(26)14-5-8-16(22)17(23)11-14/h2-11H,1H3,(H,24,26). The van der Waals surface area contributed by atoms with Crippen LogP contribution in [0.5, 0.6) is 0 Å². The van der Waals surface area contributed by atoms with Gasteiger partial charge < -0.3 is 9.73 Å². The van der Waals surface area contributed by atoms with Crippen LogP contribution in [0.15, 0.2) is 65.1 Å². The summed E-state index contributed by atoms with van der Waals surface area (Å²) in [5, 5.41) is 3.57. The summed E-state index contributed by atoms with van der Waals surface area (Å²) >= 11 is 11.8. The van der Waals surface area contributed by atoms with E-state index in [4.69, 9.17) is 27.6 Å². The molecular weight excluding hydrogens is 383 g/mol. The number of hydrogen-bond donors (Lipinski definition) is 1. The molecule has 0 saturated heterocycles. The minimum absolute atomic E-state index is 0.265. The van der Waals surface area contributed by atoms with Crippen molar-refractivity contribution in [2.75, 3.05) is 5.32 Å². The van der Waals surface area contributed by atoms with Crippen molar-refractivity contribution in [2.24, 2.45) is 0 Å². The lowest BCUT2D eigenvalue weighted by atomic mass is 10.2. The van der Waals surface area contributed by atoms with Gasteiger partial charge in [-0.2, -0.15) is 0 Å². The maximum atomic E-state index is 12.3. The van der Waals surface area contributed by atoms with Gasteiger partial charge in [-0.25, -0.2) is 4.98 Å². The van der Waals surface area contributed by atoms with Gasteiger partial charge in [0.1, 0.15) is 5.52 Å². The second-order valence-electron chi connectivity index (χ2n) is 6.15. The topological polar surface area (TPSA) is 55.1 Å². The molecule has 134 valence electrons. The molecule has 0 aliphatic rings. The van der Waals surface area contributed by atoms with Gasteiger partial charge >= 0.3 is 0 Å². The molecule has 0 unspecified atom stereocenters. The molecular formula is C21H14Cl2N2O2. The predicted octanol–water partition coefficient (Wildman–Crippen LogP) is 6.36. The van der Waals surface area contributed by atoms with E-state index in [1.807, 2.05) is 37.3 Å². The van der Waals surface area contributed by atoms with Crippen molar-refractivity contribution in [3.8, 4) is 11.5 Å². The first-order chi connectivity index (χ1) is 13.0. The zero-order chi connectivity index (χ0) is 19.0. The van der Waals surface area contributed by atoms with Crippen LogP contribution in [0.4, 0.5) is 5.69 Å². The minimum Gasteiger partial charge on any atom is -0.436 e. The molecule has 0 fully saturated rings. The number of aryl methyl sites for hydroxylation is 1. The van der Waals surface area contributed by atoms with Crippen LogP contribution in [-0.2, 0) is 0 Å². The van der Waals surface area contributed by atoms with Crippen LogP contribution < -0.4 is 5.32 Å². The lowest BCUT2D eigenvalue weighted by Crippen LogP contribution is -2.11. The first kappa shape index (κ1) is 17.6. The molecule has 0 atom stereocenters. The van der Waals surface area contributed by atoms with Crippen molar-refractivity contribution in [2.45, 2.75) is 6.92 Å². The summed E-state index contributed by atoms with van der Waals surface area (Å²) < 4.78 is 5.82. The highest BCUT2D eigenvalue weighted by molar-refractivity contribution is 6.42. The maximum Gasteiger partial charge on any atom is 0.255 e. The van der Waals surface area contributed by atoms with Crippen molar-refractivity contribution in [3.05, 3.63) is 81.8 Å². The van der Waals surface area contributed by atoms with E-state index in [0.29, 0.717) is 27.2 Å². The SMILES string of the molecule is Cc1ccc2nc(-c3ccc(NC(=O)c4ccc(Cl)c(Cl)c4)cc3)oc2c1. The Labute approximate surface area is 165 Å². The molecule has 3 aromatic carbocycles. The van der Waals surface area contributed by atoms with Crippen LogP contribution in [0, 0.1) is 6.92 Å². The number of hydrogen-bond acceptors (Lipinski definition) is 3. The zero-order valence-electron chi connectivity index (χ0n) is 14.3. The van der Waals surface area contributed by atoms with Crippen LogP contribution in [-0.4, -0.2) is 10.9 Å². The fourth-order valence-corrected chi connectivity index (χ4v) is 2.99. The average Bonchev–Trinajstić information content (AvgIpc) is 3.07. The summed E-state index contributed by atoms with van der Waals surface area (Å²) in [5.74, 6) is 0.275. The Morgan fingerprint density at radius 3 is 2.48 bits per heavy atom. The first-order valence-corrected chi connectivity index (χ1v) is 8.99. The van der Waals surface area contributed by atoms with Gasteiger partial charge in [-0.05, 0) is 67.1 Å². The summed E-state index contributed by atoms with van der Waals surface area (Å²) in [6, 6.07) is 17.9. The molecule has 4 aromatic rings. The molecule has 1 N–H and O–H groups in total. The highest BCUT2D eigenvalue weighted by Gasteiger charge is 2.11. The minimum atomic E-state index is -0.265. The number of nitrogens with zero attached hydrogens (tertiary/aromatic N) is 1. The Morgan fingerprint density at radius 2 is 1.74 bits per heavy atom. The second kappa shape index (κ2) is 7.06. The van der Waals surface area contributed by atoms with Crippen LogP contribution >= 0.6 is 23.2 Å². The van der Waals surface area contributed by atoms with E-state index in [9.17, 15) is 4.79 Å². The van der Waals surface area contributed by atoms with Crippen molar-refractivity contribution in [3.63, 3.8) is 0 Å². The van der Waals surface area contributed by atoms with Gasteiger partial charge in [0, 0.05) is 16.8 Å². The molecule has 4 nitrogen and oxygen atoms in total. The molecule has 0 aliphatic carbocycles. The van der Waals surface area contributed by atoms with Crippen molar-refractivity contribution >= 4 is 45.9 Å². The fraction of sp³-hybridized carbons (Fsp3) is 0.0476. The van der Waals surface area contributed by atoms with E-state index in [1.165, 1.54) is 6.07 Å². The van der Waals surface area contributed by atoms with Crippen LogP contribution in [0.25, 0.3) is 22.6 Å². The Morgan fingerprint density at radius 1 is 0.963 bits per heavy atom. The lowest BCUT2D eigenvalue weighted by Gasteiger charge is -2.06. The number of fused-ring (bicyclic) bond motifs is 1. The van der Waals surface area contributed by atoms with Crippen molar-refractivity contribution in [1.82, 2.24) is 4.98 Å². The number of carbonyl (C=O) groups excluding carboxylic acids is 1. The fourth-order valence-electron chi connectivity index (χ4n) is 2.69. The molecule has 27 heavy (non-hydrogen) atoms. The Hall–Kier alpha value is -2.82. The largest absolute Gasteiger partial charge is 0.436 e. The van der Waals surface area contributed by atoms with Crippen LogP contribution in [0.3, 0.4) is 0 Å². The van der Waals surface area contributed by atoms with Gasteiger partial charge in [0.25, 0.3) is 5.91 Å². The summed E-state index contributed by atoms with van der Waals surface area (Å²) in [4.78, 5) is 16.8. The van der Waals surface area contributed by atoms with Gasteiger partial charge in [-0.15, -0.1) is 0 Å². The average molecular weight is 397 g/mol. The number of oxazole rings is 1. The Kier molecular flexibility index (Phi) is 4.60. The van der Waals surface area contributed by atoms with Crippen molar-refractivity contribution < 1.29 is 9.21 Å².